The smallest absolute Gasteiger partial charge is 0.219 e. The molecule has 0 heterocycles. The Labute approximate surface area is 106 Å². The molecule has 0 rings (SSSR count). The van der Waals surface area contributed by atoms with E-state index in [4.69, 9.17) is 4.12 Å². The molecule has 0 aliphatic rings. The minimum atomic E-state index is -2.03. The molecular weight excluding hydrogens is 252 g/mol. The quantitative estimate of drug-likeness (QED) is 0.709. The molecule has 0 fully saturated rings. The van der Waals surface area contributed by atoms with Crippen LogP contribution < -0.4 is 10.6 Å². The molecule has 0 aliphatic carbocycles. The second-order valence-corrected chi connectivity index (χ2v) is 13.9. The summed E-state index contributed by atoms with van der Waals surface area (Å²) in [6.07, 6.45) is 0. The molecule has 17 heavy (non-hydrogen) atoms. The van der Waals surface area contributed by atoms with E-state index in [-0.39, 0.29) is 11.8 Å². The summed E-state index contributed by atoms with van der Waals surface area (Å²) < 4.78 is 6.13. The minimum Gasteiger partial charge on any atom is -0.455 e. The molecule has 0 radical (unpaired) electrons. The molecule has 0 aromatic rings. The van der Waals surface area contributed by atoms with Gasteiger partial charge in [-0.05, 0) is 26.2 Å². The highest BCUT2D eigenvalue weighted by atomic mass is 28.4. The van der Waals surface area contributed by atoms with Gasteiger partial charge >= 0.3 is 0 Å². The maximum absolute atomic E-state index is 11.4. The second-order valence-electron chi connectivity index (χ2n) is 5.32. The molecule has 0 saturated carbocycles. The Morgan fingerprint density at radius 2 is 1.18 bits per heavy atom. The number of carbonyl (C=O) groups excluding carboxylic acids is 2. The van der Waals surface area contributed by atoms with Crippen LogP contribution in [0.3, 0.4) is 0 Å². The number of rotatable bonds is 6. The van der Waals surface area contributed by atoms with Gasteiger partial charge in [-0.2, -0.15) is 0 Å². The molecule has 0 aromatic carbocycles. The lowest BCUT2D eigenvalue weighted by Gasteiger charge is -2.33. The topological polar surface area (TPSA) is 67.4 Å². The molecule has 0 unspecified atom stereocenters. The van der Waals surface area contributed by atoms with Crippen LogP contribution >= 0.6 is 0 Å². The van der Waals surface area contributed by atoms with Gasteiger partial charge in [-0.25, -0.2) is 0 Å². The van der Waals surface area contributed by atoms with E-state index in [1.165, 1.54) is 0 Å². The van der Waals surface area contributed by atoms with Crippen molar-refractivity contribution in [3.05, 3.63) is 0 Å². The Balaban J connectivity index is 4.46. The van der Waals surface area contributed by atoms with E-state index in [1.54, 1.807) is 14.1 Å². The van der Waals surface area contributed by atoms with Crippen LogP contribution in [0, 0.1) is 0 Å². The lowest BCUT2D eigenvalue weighted by molar-refractivity contribution is -0.119. The lowest BCUT2D eigenvalue weighted by Crippen LogP contribution is -2.48. The predicted octanol–water partition coefficient (Wildman–Crippen LogP) is 0.905. The fourth-order valence-electron chi connectivity index (χ4n) is 1.77. The van der Waals surface area contributed by atoms with Crippen molar-refractivity contribution < 1.29 is 13.7 Å². The van der Waals surface area contributed by atoms with Crippen LogP contribution in [0.4, 0.5) is 0 Å². The normalized spacial score (nSPS) is 12.1. The van der Waals surface area contributed by atoms with Gasteiger partial charge in [0.15, 0.2) is 16.6 Å². The summed E-state index contributed by atoms with van der Waals surface area (Å²) in [6, 6.07) is 0.876. The molecule has 5 nitrogen and oxygen atoms in total. The summed E-state index contributed by atoms with van der Waals surface area (Å²) in [5, 5.41) is 5.22. The molecule has 0 saturated heterocycles. The van der Waals surface area contributed by atoms with Crippen molar-refractivity contribution in [3.63, 3.8) is 0 Å². The molecule has 0 aliphatic heterocycles. The van der Waals surface area contributed by atoms with Crippen LogP contribution in [-0.4, -0.2) is 42.5 Å². The van der Waals surface area contributed by atoms with Gasteiger partial charge < -0.3 is 14.7 Å². The van der Waals surface area contributed by atoms with Crippen molar-refractivity contribution in [2.45, 2.75) is 38.3 Å². The average molecular weight is 276 g/mol. The Hall–Kier alpha value is -0.666. The predicted molar refractivity (Wildman–Crippen MR) is 73.8 cm³/mol. The second kappa shape index (κ2) is 6.32. The highest BCUT2D eigenvalue weighted by molar-refractivity contribution is 6.87. The summed E-state index contributed by atoms with van der Waals surface area (Å²) in [6.45, 7) is 8.06. The lowest BCUT2D eigenvalue weighted by atomic mass is 10.7. The molecule has 2 amide bonds. The van der Waals surface area contributed by atoms with Crippen LogP contribution in [0.1, 0.15) is 0 Å². The third-order valence-electron chi connectivity index (χ3n) is 2.28. The maximum Gasteiger partial charge on any atom is 0.219 e. The van der Waals surface area contributed by atoms with Gasteiger partial charge in [-0.15, -0.1) is 0 Å². The van der Waals surface area contributed by atoms with Crippen molar-refractivity contribution in [3.8, 4) is 0 Å². The van der Waals surface area contributed by atoms with Crippen molar-refractivity contribution in [1.29, 1.82) is 0 Å². The third kappa shape index (κ3) is 7.29. The van der Waals surface area contributed by atoms with E-state index in [2.05, 4.69) is 10.6 Å². The van der Waals surface area contributed by atoms with Crippen LogP contribution in [-0.2, 0) is 13.7 Å². The monoisotopic (exact) mass is 276 g/mol. The Bertz CT molecular complexity index is 265. The zero-order valence-corrected chi connectivity index (χ0v) is 13.6. The van der Waals surface area contributed by atoms with Gasteiger partial charge in [0, 0.05) is 26.2 Å². The van der Waals surface area contributed by atoms with Gasteiger partial charge in [0.05, 0.1) is 0 Å². The number of nitrogens with one attached hydrogen (secondary N) is 2. The van der Waals surface area contributed by atoms with E-state index in [0.717, 1.165) is 0 Å². The van der Waals surface area contributed by atoms with Crippen LogP contribution in [0.25, 0.3) is 0 Å². The Morgan fingerprint density at radius 3 is 1.41 bits per heavy atom. The summed E-state index contributed by atoms with van der Waals surface area (Å²) in [4.78, 5) is 22.7. The van der Waals surface area contributed by atoms with E-state index >= 15 is 0 Å². The standard InChI is InChI=1S/C10H24N2O3Si2/c1-11-9(13)7-16(3,4)15-17(5,6)8-10(14)12-2/h7-8H2,1-6H3,(H,11,13)(H,12,14). The number of carbonyl (C=O) groups is 2. The molecule has 2 N–H and O–H groups in total. The maximum atomic E-state index is 11.4. The van der Waals surface area contributed by atoms with E-state index in [9.17, 15) is 9.59 Å². The van der Waals surface area contributed by atoms with Crippen molar-refractivity contribution in [1.82, 2.24) is 10.6 Å². The number of amides is 2. The fourth-order valence-corrected chi connectivity index (χ4v) is 10.2. The van der Waals surface area contributed by atoms with Crippen molar-refractivity contribution in [2.24, 2.45) is 0 Å². The molecular formula is C10H24N2O3Si2. The van der Waals surface area contributed by atoms with Gasteiger partial charge in [0.2, 0.25) is 11.8 Å². The first kappa shape index (κ1) is 16.3. The van der Waals surface area contributed by atoms with Gasteiger partial charge in [0.1, 0.15) is 0 Å². The molecule has 0 spiro atoms. The Morgan fingerprint density at radius 1 is 0.882 bits per heavy atom. The highest BCUT2D eigenvalue weighted by Crippen LogP contribution is 2.21. The van der Waals surface area contributed by atoms with Crippen molar-refractivity contribution >= 4 is 28.4 Å². The van der Waals surface area contributed by atoms with Crippen LogP contribution in [0.15, 0.2) is 0 Å². The summed E-state index contributed by atoms with van der Waals surface area (Å²) in [7, 11) is -0.816. The molecule has 0 atom stereocenters. The van der Waals surface area contributed by atoms with Gasteiger partial charge in [-0.1, -0.05) is 0 Å². The van der Waals surface area contributed by atoms with Gasteiger partial charge in [0.25, 0.3) is 0 Å². The van der Waals surface area contributed by atoms with Crippen LogP contribution in [0.5, 0.6) is 0 Å². The Kier molecular flexibility index (Phi) is 6.07. The first-order valence-corrected chi connectivity index (χ1v) is 12.0. The molecule has 0 bridgehead atoms. The first-order chi connectivity index (χ1) is 7.62. The third-order valence-corrected chi connectivity index (χ3v) is 9.05. The zero-order valence-electron chi connectivity index (χ0n) is 11.6. The summed E-state index contributed by atoms with van der Waals surface area (Å²) in [5.74, 6) is 0.0119. The van der Waals surface area contributed by atoms with E-state index in [0.29, 0.717) is 12.1 Å². The molecule has 100 valence electrons. The van der Waals surface area contributed by atoms with Crippen LogP contribution in [0.2, 0.25) is 38.3 Å². The highest BCUT2D eigenvalue weighted by Gasteiger charge is 2.35. The summed E-state index contributed by atoms with van der Waals surface area (Å²) in [5.41, 5.74) is 0. The van der Waals surface area contributed by atoms with E-state index in [1.807, 2.05) is 26.2 Å². The van der Waals surface area contributed by atoms with E-state index < -0.39 is 16.6 Å². The minimum absolute atomic E-state index is 0.00593. The number of hydrogen-bond donors (Lipinski definition) is 2. The zero-order chi connectivity index (χ0) is 13.7. The fraction of sp³-hybridized carbons (Fsp3) is 0.800. The average Bonchev–Trinajstić information content (AvgIpc) is 2.13. The first-order valence-electron chi connectivity index (χ1n) is 5.73. The number of hydrogen-bond acceptors (Lipinski definition) is 3. The SMILES string of the molecule is CNC(=O)C[Si](C)(C)O[Si](C)(C)CC(=O)NC. The summed E-state index contributed by atoms with van der Waals surface area (Å²) >= 11 is 0. The van der Waals surface area contributed by atoms with Gasteiger partial charge in [-0.3, -0.25) is 9.59 Å². The largest absolute Gasteiger partial charge is 0.455 e. The molecule has 7 heteroatoms. The van der Waals surface area contributed by atoms with Crippen molar-refractivity contribution in [2.75, 3.05) is 14.1 Å². The molecule has 0 aromatic heterocycles.